The minimum Gasteiger partial charge on any atom is -0.497 e. The second-order valence-corrected chi connectivity index (χ2v) is 6.14. The van der Waals surface area contributed by atoms with Crippen LogP contribution in [-0.2, 0) is 6.42 Å². The summed E-state index contributed by atoms with van der Waals surface area (Å²) in [5.74, 6) is 0.594. The van der Waals surface area contributed by atoms with Gasteiger partial charge < -0.3 is 10.1 Å². The zero-order chi connectivity index (χ0) is 18.5. The highest BCUT2D eigenvalue weighted by Gasteiger charge is 2.16. The van der Waals surface area contributed by atoms with E-state index in [1.807, 2.05) is 37.4 Å². The van der Waals surface area contributed by atoms with Crippen molar-refractivity contribution in [2.45, 2.75) is 32.7 Å². The van der Waals surface area contributed by atoms with Gasteiger partial charge in [-0.2, -0.15) is 10.2 Å². The third-order valence-electron chi connectivity index (χ3n) is 4.17. The average Bonchev–Trinajstić information content (AvgIpc) is 3.32. The first-order valence-electron chi connectivity index (χ1n) is 8.65. The molecule has 0 aliphatic rings. The quantitative estimate of drug-likeness (QED) is 0.684. The molecule has 1 aromatic carbocycles. The lowest BCUT2D eigenvalue weighted by Crippen LogP contribution is -2.26. The van der Waals surface area contributed by atoms with Crippen LogP contribution in [0.3, 0.4) is 0 Å². The van der Waals surface area contributed by atoms with E-state index in [-0.39, 0.29) is 11.9 Å². The molecule has 1 atom stereocenters. The van der Waals surface area contributed by atoms with Crippen molar-refractivity contribution in [3.05, 3.63) is 59.7 Å². The molecule has 2 N–H and O–H groups in total. The fourth-order valence-electron chi connectivity index (χ4n) is 2.67. The van der Waals surface area contributed by atoms with Gasteiger partial charge in [0.05, 0.1) is 25.0 Å². The SMILES string of the molecule is CCCc1cc(C(=O)N[C@H](C)c2cnn(-c3ccc(OC)cc3)c2)n[nH]1. The fourth-order valence-corrected chi connectivity index (χ4v) is 2.67. The van der Waals surface area contributed by atoms with E-state index in [1.165, 1.54) is 0 Å². The third kappa shape index (κ3) is 3.93. The molecule has 0 spiro atoms. The Labute approximate surface area is 152 Å². The third-order valence-corrected chi connectivity index (χ3v) is 4.17. The lowest BCUT2D eigenvalue weighted by Gasteiger charge is -2.10. The number of rotatable bonds is 7. The number of H-pyrrole nitrogens is 1. The standard InChI is InChI=1S/C19H23N5O2/c1-4-5-15-10-18(23-22-15)19(25)21-13(2)14-11-20-24(12-14)16-6-8-17(26-3)9-7-16/h6-13H,4-5H2,1-3H3,(H,21,25)(H,22,23)/t13-/m1/s1. The van der Waals surface area contributed by atoms with Gasteiger partial charge in [-0.3, -0.25) is 9.89 Å². The summed E-state index contributed by atoms with van der Waals surface area (Å²) < 4.78 is 6.93. The minimum absolute atomic E-state index is 0.180. The average molecular weight is 353 g/mol. The van der Waals surface area contributed by atoms with Gasteiger partial charge in [0, 0.05) is 17.5 Å². The highest BCUT2D eigenvalue weighted by molar-refractivity contribution is 5.92. The number of ether oxygens (including phenoxy) is 1. The molecule has 0 saturated heterocycles. The van der Waals surface area contributed by atoms with Crippen LogP contribution >= 0.6 is 0 Å². The smallest absolute Gasteiger partial charge is 0.272 e. The van der Waals surface area contributed by atoms with E-state index >= 15 is 0 Å². The predicted octanol–water partition coefficient (Wildman–Crippen LogP) is 3.05. The summed E-state index contributed by atoms with van der Waals surface area (Å²) in [6.07, 6.45) is 5.54. The number of aromatic amines is 1. The Hall–Kier alpha value is -3.09. The normalized spacial score (nSPS) is 12.0. The van der Waals surface area contributed by atoms with E-state index in [9.17, 15) is 4.79 Å². The highest BCUT2D eigenvalue weighted by Crippen LogP contribution is 2.17. The summed E-state index contributed by atoms with van der Waals surface area (Å²) in [7, 11) is 1.63. The number of nitrogens with one attached hydrogen (secondary N) is 2. The second kappa shape index (κ2) is 7.86. The number of benzene rings is 1. The summed E-state index contributed by atoms with van der Waals surface area (Å²) in [6.45, 7) is 4.01. The molecule has 26 heavy (non-hydrogen) atoms. The van der Waals surface area contributed by atoms with Crippen molar-refractivity contribution in [2.24, 2.45) is 0 Å². The molecule has 136 valence electrons. The number of carbonyl (C=O) groups is 1. The van der Waals surface area contributed by atoms with E-state index in [1.54, 1.807) is 24.1 Å². The van der Waals surface area contributed by atoms with E-state index in [0.29, 0.717) is 5.69 Å². The number of carbonyl (C=O) groups excluding carboxylic acids is 1. The molecule has 0 fully saturated rings. The van der Waals surface area contributed by atoms with Crippen LogP contribution in [0.1, 0.15) is 48.1 Å². The molecule has 3 rings (SSSR count). The van der Waals surface area contributed by atoms with E-state index < -0.39 is 0 Å². The van der Waals surface area contributed by atoms with Gasteiger partial charge in [-0.05, 0) is 43.7 Å². The van der Waals surface area contributed by atoms with Gasteiger partial charge >= 0.3 is 0 Å². The van der Waals surface area contributed by atoms with Crippen LogP contribution in [0.4, 0.5) is 0 Å². The summed E-state index contributed by atoms with van der Waals surface area (Å²) in [5.41, 5.74) is 3.21. The van der Waals surface area contributed by atoms with E-state index in [0.717, 1.165) is 35.5 Å². The molecular weight excluding hydrogens is 330 g/mol. The van der Waals surface area contributed by atoms with Crippen molar-refractivity contribution in [1.82, 2.24) is 25.3 Å². The molecule has 0 aliphatic heterocycles. The van der Waals surface area contributed by atoms with Gasteiger partial charge in [0.1, 0.15) is 11.4 Å². The van der Waals surface area contributed by atoms with Gasteiger partial charge in [-0.15, -0.1) is 0 Å². The topological polar surface area (TPSA) is 84.8 Å². The minimum atomic E-state index is -0.201. The van der Waals surface area contributed by atoms with Crippen LogP contribution in [0.25, 0.3) is 5.69 Å². The number of aromatic nitrogens is 4. The number of nitrogens with zero attached hydrogens (tertiary/aromatic N) is 3. The van der Waals surface area contributed by atoms with Gasteiger partial charge in [-0.25, -0.2) is 4.68 Å². The van der Waals surface area contributed by atoms with Crippen molar-refractivity contribution in [3.63, 3.8) is 0 Å². The maximum Gasteiger partial charge on any atom is 0.272 e. The molecule has 0 radical (unpaired) electrons. The summed E-state index contributed by atoms with van der Waals surface area (Å²) in [6, 6.07) is 9.24. The summed E-state index contributed by atoms with van der Waals surface area (Å²) in [4.78, 5) is 12.4. The molecule has 0 aliphatic carbocycles. The van der Waals surface area contributed by atoms with Crippen LogP contribution in [0.5, 0.6) is 5.75 Å². The Balaban J connectivity index is 1.66. The Morgan fingerprint density at radius 1 is 1.35 bits per heavy atom. The largest absolute Gasteiger partial charge is 0.497 e. The molecule has 2 heterocycles. The molecule has 3 aromatic rings. The van der Waals surface area contributed by atoms with Crippen LogP contribution in [-0.4, -0.2) is 33.0 Å². The molecule has 0 saturated carbocycles. The van der Waals surface area contributed by atoms with Crippen molar-refractivity contribution in [1.29, 1.82) is 0 Å². The zero-order valence-electron chi connectivity index (χ0n) is 15.2. The van der Waals surface area contributed by atoms with Crippen LogP contribution in [0.15, 0.2) is 42.7 Å². The maximum absolute atomic E-state index is 12.4. The van der Waals surface area contributed by atoms with E-state index in [4.69, 9.17) is 4.74 Å². The lowest BCUT2D eigenvalue weighted by atomic mass is 10.2. The number of amides is 1. The molecule has 7 heteroatoms. The summed E-state index contributed by atoms with van der Waals surface area (Å²) in [5, 5.41) is 14.3. The molecule has 7 nitrogen and oxygen atoms in total. The van der Waals surface area contributed by atoms with Crippen molar-refractivity contribution in [3.8, 4) is 11.4 Å². The molecular formula is C19H23N5O2. The number of hydrogen-bond acceptors (Lipinski definition) is 4. The number of aryl methyl sites for hydroxylation is 1. The van der Waals surface area contributed by atoms with Crippen LogP contribution in [0.2, 0.25) is 0 Å². The first-order valence-corrected chi connectivity index (χ1v) is 8.65. The lowest BCUT2D eigenvalue weighted by molar-refractivity contribution is 0.0935. The van der Waals surface area contributed by atoms with Crippen molar-refractivity contribution >= 4 is 5.91 Å². The van der Waals surface area contributed by atoms with Gasteiger partial charge in [0.15, 0.2) is 0 Å². The first-order chi connectivity index (χ1) is 12.6. The first kappa shape index (κ1) is 17.7. The Morgan fingerprint density at radius 3 is 2.81 bits per heavy atom. The molecule has 0 unspecified atom stereocenters. The highest BCUT2D eigenvalue weighted by atomic mass is 16.5. The van der Waals surface area contributed by atoms with Crippen LogP contribution in [0, 0.1) is 0 Å². The summed E-state index contributed by atoms with van der Waals surface area (Å²) >= 11 is 0. The van der Waals surface area contributed by atoms with Gasteiger partial charge in [0.2, 0.25) is 0 Å². The Kier molecular flexibility index (Phi) is 5.36. The molecule has 0 bridgehead atoms. The van der Waals surface area contributed by atoms with E-state index in [2.05, 4.69) is 27.5 Å². The predicted molar refractivity (Wildman–Crippen MR) is 98.6 cm³/mol. The van der Waals surface area contributed by atoms with Crippen LogP contribution < -0.4 is 10.1 Å². The molecule has 1 amide bonds. The molecule has 2 aromatic heterocycles. The monoisotopic (exact) mass is 353 g/mol. The zero-order valence-corrected chi connectivity index (χ0v) is 15.2. The Morgan fingerprint density at radius 2 is 2.12 bits per heavy atom. The van der Waals surface area contributed by atoms with Crippen molar-refractivity contribution < 1.29 is 9.53 Å². The Bertz CT molecular complexity index is 866. The number of hydrogen-bond donors (Lipinski definition) is 2. The fraction of sp³-hybridized carbons (Fsp3) is 0.316. The second-order valence-electron chi connectivity index (χ2n) is 6.14. The van der Waals surface area contributed by atoms with Crippen molar-refractivity contribution in [2.75, 3.05) is 7.11 Å². The number of methoxy groups -OCH3 is 1. The van der Waals surface area contributed by atoms with Gasteiger partial charge in [-0.1, -0.05) is 13.3 Å². The maximum atomic E-state index is 12.4. The van der Waals surface area contributed by atoms with Gasteiger partial charge in [0.25, 0.3) is 5.91 Å².